The van der Waals surface area contributed by atoms with Crippen molar-refractivity contribution >= 4 is 39.2 Å². The Morgan fingerprint density at radius 1 is 0.962 bits per heavy atom. The minimum absolute atomic E-state index is 0.162. The van der Waals surface area contributed by atoms with E-state index in [-0.39, 0.29) is 5.91 Å². The molecule has 0 aliphatic rings. The molecule has 1 N–H and O–H groups in total. The number of ether oxygens (including phenoxy) is 1. The summed E-state index contributed by atoms with van der Waals surface area (Å²) in [7, 11) is 1.63. The van der Waals surface area contributed by atoms with E-state index < -0.39 is 0 Å². The summed E-state index contributed by atoms with van der Waals surface area (Å²) in [5, 5.41) is 2.96. The monoisotopic (exact) mass is 407 g/mol. The van der Waals surface area contributed by atoms with Gasteiger partial charge in [0.15, 0.2) is 0 Å². The van der Waals surface area contributed by atoms with Gasteiger partial charge in [0.2, 0.25) is 0 Å². The molecule has 0 spiro atoms. The van der Waals surface area contributed by atoms with Crippen LogP contribution in [0.25, 0.3) is 11.6 Å². The van der Waals surface area contributed by atoms with Gasteiger partial charge in [0, 0.05) is 15.7 Å². The summed E-state index contributed by atoms with van der Waals surface area (Å²) in [4.78, 5) is 12.9. The molecule has 0 saturated heterocycles. The molecule has 0 aliphatic carbocycles. The van der Waals surface area contributed by atoms with Crippen molar-refractivity contribution in [2.45, 2.75) is 0 Å². The van der Waals surface area contributed by atoms with Crippen LogP contribution >= 0.6 is 15.9 Å². The van der Waals surface area contributed by atoms with Crippen LogP contribution in [0, 0.1) is 0 Å². The van der Waals surface area contributed by atoms with E-state index in [1.165, 1.54) is 0 Å². The summed E-state index contributed by atoms with van der Waals surface area (Å²) < 4.78 is 6.10. The van der Waals surface area contributed by atoms with Crippen LogP contribution < -0.4 is 10.1 Å². The third-order valence-corrected chi connectivity index (χ3v) is 4.33. The van der Waals surface area contributed by atoms with Gasteiger partial charge in [0.25, 0.3) is 5.91 Å². The van der Waals surface area contributed by atoms with Crippen LogP contribution in [0.1, 0.15) is 11.1 Å². The SMILES string of the molecule is COc1ccc(/C=C(\C(=O)Nc2cccc(Br)c2)c2ccccc2)cc1. The van der Waals surface area contributed by atoms with Gasteiger partial charge in [0.1, 0.15) is 5.75 Å². The van der Waals surface area contributed by atoms with Gasteiger partial charge in [-0.05, 0) is 47.5 Å². The number of carbonyl (C=O) groups is 1. The number of benzene rings is 3. The van der Waals surface area contributed by atoms with Crippen LogP contribution in [-0.2, 0) is 4.79 Å². The first-order valence-corrected chi connectivity index (χ1v) is 8.93. The van der Waals surface area contributed by atoms with Crippen molar-refractivity contribution in [3.8, 4) is 5.75 Å². The van der Waals surface area contributed by atoms with Gasteiger partial charge >= 0.3 is 0 Å². The van der Waals surface area contributed by atoms with Crippen molar-refractivity contribution in [1.82, 2.24) is 0 Å². The molecule has 0 saturated carbocycles. The molecule has 0 unspecified atom stereocenters. The summed E-state index contributed by atoms with van der Waals surface area (Å²) in [6.45, 7) is 0. The highest BCUT2D eigenvalue weighted by Crippen LogP contribution is 2.23. The van der Waals surface area contributed by atoms with Crippen molar-refractivity contribution in [1.29, 1.82) is 0 Å². The lowest BCUT2D eigenvalue weighted by Gasteiger charge is -2.10. The Morgan fingerprint density at radius 2 is 1.69 bits per heavy atom. The standard InChI is InChI=1S/C22H18BrNO2/c1-26-20-12-10-16(11-13-20)14-21(17-6-3-2-4-7-17)22(25)24-19-9-5-8-18(23)15-19/h2-15H,1H3,(H,24,25)/b21-14-. The molecule has 0 aliphatic heterocycles. The second-order valence-electron chi connectivity index (χ2n) is 5.66. The average molecular weight is 408 g/mol. The van der Waals surface area contributed by atoms with Crippen LogP contribution in [0.5, 0.6) is 5.75 Å². The van der Waals surface area contributed by atoms with E-state index in [1.54, 1.807) is 7.11 Å². The van der Waals surface area contributed by atoms with E-state index in [0.29, 0.717) is 5.57 Å². The quantitative estimate of drug-likeness (QED) is 0.439. The van der Waals surface area contributed by atoms with Gasteiger partial charge in [-0.1, -0.05) is 64.5 Å². The maximum Gasteiger partial charge on any atom is 0.256 e. The molecule has 1 amide bonds. The Morgan fingerprint density at radius 3 is 2.35 bits per heavy atom. The topological polar surface area (TPSA) is 38.3 Å². The summed E-state index contributed by atoms with van der Waals surface area (Å²) >= 11 is 3.42. The smallest absolute Gasteiger partial charge is 0.256 e. The highest BCUT2D eigenvalue weighted by atomic mass is 79.9. The number of amides is 1. The fraction of sp³-hybridized carbons (Fsp3) is 0.0455. The molecule has 3 rings (SSSR count). The molecular weight excluding hydrogens is 390 g/mol. The Hall–Kier alpha value is -2.85. The third-order valence-electron chi connectivity index (χ3n) is 3.84. The summed E-state index contributed by atoms with van der Waals surface area (Å²) in [6, 6.07) is 24.8. The zero-order chi connectivity index (χ0) is 18.4. The van der Waals surface area contributed by atoms with Crippen LogP contribution in [0.4, 0.5) is 5.69 Å². The third kappa shape index (κ3) is 4.61. The lowest BCUT2D eigenvalue weighted by Crippen LogP contribution is -2.13. The summed E-state index contributed by atoms with van der Waals surface area (Å²) in [6.07, 6.45) is 1.88. The molecule has 0 radical (unpaired) electrons. The van der Waals surface area contributed by atoms with Gasteiger partial charge in [-0.3, -0.25) is 4.79 Å². The fourth-order valence-corrected chi connectivity index (χ4v) is 2.93. The summed E-state index contributed by atoms with van der Waals surface area (Å²) in [5.41, 5.74) is 3.11. The Labute approximate surface area is 161 Å². The van der Waals surface area contributed by atoms with Gasteiger partial charge < -0.3 is 10.1 Å². The molecule has 3 nitrogen and oxygen atoms in total. The van der Waals surface area contributed by atoms with Crippen LogP contribution in [0.2, 0.25) is 0 Å². The van der Waals surface area contributed by atoms with E-state index in [1.807, 2.05) is 84.9 Å². The Bertz CT molecular complexity index is 918. The molecule has 4 heteroatoms. The van der Waals surface area contributed by atoms with E-state index in [4.69, 9.17) is 4.74 Å². The second-order valence-corrected chi connectivity index (χ2v) is 6.58. The lowest BCUT2D eigenvalue weighted by molar-refractivity contribution is -0.111. The van der Waals surface area contributed by atoms with E-state index >= 15 is 0 Å². The molecule has 0 fully saturated rings. The molecule has 3 aromatic rings. The number of methoxy groups -OCH3 is 1. The van der Waals surface area contributed by atoms with Gasteiger partial charge in [0.05, 0.1) is 7.11 Å². The molecule has 130 valence electrons. The first-order valence-electron chi connectivity index (χ1n) is 8.14. The van der Waals surface area contributed by atoms with E-state index in [9.17, 15) is 4.79 Å². The van der Waals surface area contributed by atoms with Gasteiger partial charge in [-0.2, -0.15) is 0 Å². The molecule has 26 heavy (non-hydrogen) atoms. The minimum atomic E-state index is -0.162. The van der Waals surface area contributed by atoms with Crippen molar-refractivity contribution in [3.63, 3.8) is 0 Å². The number of rotatable bonds is 5. The first kappa shape index (κ1) is 18.0. The number of halogens is 1. The Balaban J connectivity index is 1.95. The van der Waals surface area contributed by atoms with Crippen molar-refractivity contribution in [2.75, 3.05) is 12.4 Å². The number of anilines is 1. The van der Waals surface area contributed by atoms with Crippen LogP contribution in [0.3, 0.4) is 0 Å². The van der Waals surface area contributed by atoms with Crippen molar-refractivity contribution in [2.24, 2.45) is 0 Å². The first-order chi connectivity index (χ1) is 12.7. The predicted octanol–water partition coefficient (Wildman–Crippen LogP) is 5.64. The fourth-order valence-electron chi connectivity index (χ4n) is 2.53. The average Bonchev–Trinajstić information content (AvgIpc) is 2.67. The van der Waals surface area contributed by atoms with Crippen LogP contribution in [-0.4, -0.2) is 13.0 Å². The van der Waals surface area contributed by atoms with E-state index in [2.05, 4.69) is 21.2 Å². The number of nitrogens with one attached hydrogen (secondary N) is 1. The van der Waals surface area contributed by atoms with Crippen LogP contribution in [0.15, 0.2) is 83.3 Å². The normalized spacial score (nSPS) is 11.1. The number of carbonyl (C=O) groups excluding carboxylic acids is 1. The van der Waals surface area contributed by atoms with Crippen molar-refractivity contribution in [3.05, 3.63) is 94.5 Å². The predicted molar refractivity (Wildman–Crippen MR) is 110 cm³/mol. The molecule has 3 aromatic carbocycles. The van der Waals surface area contributed by atoms with Gasteiger partial charge in [-0.15, -0.1) is 0 Å². The highest BCUT2D eigenvalue weighted by Gasteiger charge is 2.12. The van der Waals surface area contributed by atoms with E-state index in [0.717, 1.165) is 27.0 Å². The van der Waals surface area contributed by atoms with Crippen molar-refractivity contribution < 1.29 is 9.53 Å². The highest BCUT2D eigenvalue weighted by molar-refractivity contribution is 9.10. The molecule has 0 bridgehead atoms. The summed E-state index contributed by atoms with van der Waals surface area (Å²) in [5.74, 6) is 0.618. The Kier molecular flexibility index (Phi) is 5.87. The maximum atomic E-state index is 12.9. The zero-order valence-corrected chi connectivity index (χ0v) is 15.9. The second kappa shape index (κ2) is 8.50. The zero-order valence-electron chi connectivity index (χ0n) is 14.3. The molecule has 0 atom stereocenters. The molecule has 0 heterocycles. The number of hydrogen-bond donors (Lipinski definition) is 1. The number of hydrogen-bond acceptors (Lipinski definition) is 2. The van der Waals surface area contributed by atoms with Gasteiger partial charge in [-0.25, -0.2) is 0 Å². The molecule has 0 aromatic heterocycles. The maximum absolute atomic E-state index is 12.9. The molecular formula is C22H18BrNO2. The largest absolute Gasteiger partial charge is 0.497 e. The lowest BCUT2D eigenvalue weighted by atomic mass is 10.0. The minimum Gasteiger partial charge on any atom is -0.497 e.